The lowest BCUT2D eigenvalue weighted by Gasteiger charge is -2.27. The van der Waals surface area contributed by atoms with Crippen molar-refractivity contribution >= 4 is 29.9 Å². The summed E-state index contributed by atoms with van der Waals surface area (Å²) in [5.41, 5.74) is 0.0772. The molecule has 0 saturated carbocycles. The Morgan fingerprint density at radius 2 is 1.96 bits per heavy atom. The molecule has 154 valence electrons. The predicted molar refractivity (Wildman–Crippen MR) is 118 cm³/mol. The van der Waals surface area contributed by atoms with Gasteiger partial charge in [0.1, 0.15) is 11.6 Å². The second-order valence-electron chi connectivity index (χ2n) is 6.87. The third kappa shape index (κ3) is 6.53. The number of benzene rings is 1. The number of aliphatic imine (C=N–C) groups is 1. The van der Waals surface area contributed by atoms with Crippen molar-refractivity contribution in [2.75, 3.05) is 47.3 Å². The van der Waals surface area contributed by atoms with Crippen LogP contribution in [-0.4, -0.2) is 69.1 Å². The standard InChI is InChI=1S/C19H31F2N5.HI/c1-5-26-11-7-8-14(26)12-23-19(22-2)24-13-17(25(3)4)18-15(20)9-6-10-16(18)21;/h6,9-10,14,17H,5,7-8,11-13H2,1-4H3,(H2,22,23,24);1H. The second-order valence-corrected chi connectivity index (χ2v) is 6.87. The fraction of sp³-hybridized carbons (Fsp3) is 0.632. The second kappa shape index (κ2) is 11.8. The van der Waals surface area contributed by atoms with E-state index in [1.165, 1.54) is 31.0 Å². The zero-order valence-corrected chi connectivity index (χ0v) is 19.0. The Labute approximate surface area is 178 Å². The maximum absolute atomic E-state index is 14.2. The van der Waals surface area contributed by atoms with E-state index < -0.39 is 17.7 Å². The molecule has 0 aromatic heterocycles. The molecule has 2 N–H and O–H groups in total. The number of guanidine groups is 1. The first-order valence-electron chi connectivity index (χ1n) is 9.26. The summed E-state index contributed by atoms with van der Waals surface area (Å²) in [5.74, 6) is -0.410. The maximum atomic E-state index is 14.2. The summed E-state index contributed by atoms with van der Waals surface area (Å²) < 4.78 is 28.3. The van der Waals surface area contributed by atoms with Gasteiger partial charge in [0.05, 0.1) is 6.04 Å². The molecule has 1 aromatic carbocycles. The molecule has 1 aliphatic heterocycles. The molecular formula is C19H32F2IN5. The molecule has 0 amide bonds. The fourth-order valence-corrected chi connectivity index (χ4v) is 3.54. The summed E-state index contributed by atoms with van der Waals surface area (Å²) >= 11 is 0. The molecule has 27 heavy (non-hydrogen) atoms. The van der Waals surface area contributed by atoms with E-state index in [2.05, 4.69) is 27.4 Å². The molecule has 0 bridgehead atoms. The summed E-state index contributed by atoms with van der Waals surface area (Å²) in [6, 6.07) is 4.04. The van der Waals surface area contributed by atoms with E-state index >= 15 is 0 Å². The van der Waals surface area contributed by atoms with E-state index in [4.69, 9.17) is 0 Å². The van der Waals surface area contributed by atoms with Crippen molar-refractivity contribution in [3.8, 4) is 0 Å². The minimum absolute atomic E-state index is 0. The van der Waals surface area contributed by atoms with Crippen molar-refractivity contribution in [3.05, 3.63) is 35.4 Å². The molecule has 0 spiro atoms. The van der Waals surface area contributed by atoms with Crippen LogP contribution in [0, 0.1) is 11.6 Å². The molecule has 1 fully saturated rings. The van der Waals surface area contributed by atoms with Crippen molar-refractivity contribution in [1.29, 1.82) is 0 Å². The molecule has 1 aromatic rings. The quantitative estimate of drug-likeness (QED) is 0.347. The SMILES string of the molecule is CCN1CCCC1CNC(=NC)NCC(c1c(F)cccc1F)N(C)C.I. The van der Waals surface area contributed by atoms with E-state index in [0.717, 1.165) is 19.6 Å². The Morgan fingerprint density at radius 1 is 1.30 bits per heavy atom. The van der Waals surface area contributed by atoms with Crippen LogP contribution in [0.3, 0.4) is 0 Å². The molecule has 1 aliphatic rings. The lowest BCUT2D eigenvalue weighted by molar-refractivity contribution is 0.265. The number of nitrogens with one attached hydrogen (secondary N) is 2. The van der Waals surface area contributed by atoms with Crippen LogP contribution in [0.2, 0.25) is 0 Å². The van der Waals surface area contributed by atoms with E-state index in [-0.39, 0.29) is 29.5 Å². The van der Waals surface area contributed by atoms with Gasteiger partial charge >= 0.3 is 0 Å². The Kier molecular flexibility index (Phi) is 10.5. The van der Waals surface area contributed by atoms with Crippen molar-refractivity contribution < 1.29 is 8.78 Å². The first-order valence-corrected chi connectivity index (χ1v) is 9.26. The van der Waals surface area contributed by atoms with Crippen molar-refractivity contribution in [2.24, 2.45) is 4.99 Å². The Balaban J connectivity index is 0.00000364. The minimum Gasteiger partial charge on any atom is -0.355 e. The molecule has 2 rings (SSSR count). The van der Waals surface area contributed by atoms with Gasteiger partial charge in [-0.1, -0.05) is 13.0 Å². The number of halogens is 3. The summed E-state index contributed by atoms with van der Waals surface area (Å²) in [6.45, 7) is 5.54. The number of nitrogens with zero attached hydrogens (tertiary/aromatic N) is 3. The fourth-order valence-electron chi connectivity index (χ4n) is 3.54. The lowest BCUT2D eigenvalue weighted by Crippen LogP contribution is -2.46. The highest BCUT2D eigenvalue weighted by atomic mass is 127. The maximum Gasteiger partial charge on any atom is 0.191 e. The van der Waals surface area contributed by atoms with Crippen molar-refractivity contribution in [1.82, 2.24) is 20.4 Å². The van der Waals surface area contributed by atoms with Crippen LogP contribution in [0.5, 0.6) is 0 Å². The predicted octanol–water partition coefficient (Wildman–Crippen LogP) is 2.83. The molecular weight excluding hydrogens is 463 g/mol. The van der Waals surface area contributed by atoms with Gasteiger partial charge in [-0.05, 0) is 52.2 Å². The van der Waals surface area contributed by atoms with Crippen LogP contribution < -0.4 is 10.6 Å². The monoisotopic (exact) mass is 495 g/mol. The number of hydrogen-bond acceptors (Lipinski definition) is 3. The average molecular weight is 495 g/mol. The van der Waals surface area contributed by atoms with Crippen molar-refractivity contribution in [3.63, 3.8) is 0 Å². The van der Waals surface area contributed by atoms with Crippen molar-refractivity contribution in [2.45, 2.75) is 31.8 Å². The zero-order chi connectivity index (χ0) is 19.1. The first-order chi connectivity index (χ1) is 12.5. The van der Waals surface area contributed by atoms with Gasteiger partial charge in [-0.2, -0.15) is 0 Å². The Morgan fingerprint density at radius 3 is 2.52 bits per heavy atom. The molecule has 2 unspecified atom stereocenters. The number of likely N-dealkylation sites (N-methyl/N-ethyl adjacent to an activating group) is 2. The van der Waals surface area contributed by atoms with E-state index in [0.29, 0.717) is 18.5 Å². The minimum atomic E-state index is -0.530. The van der Waals surface area contributed by atoms with Crippen LogP contribution in [-0.2, 0) is 0 Å². The zero-order valence-electron chi connectivity index (χ0n) is 16.6. The average Bonchev–Trinajstić information content (AvgIpc) is 3.07. The Bertz CT molecular complexity index is 592. The summed E-state index contributed by atoms with van der Waals surface area (Å²) in [7, 11) is 5.33. The van der Waals surface area contributed by atoms with E-state index in [1.54, 1.807) is 11.9 Å². The highest BCUT2D eigenvalue weighted by Crippen LogP contribution is 2.23. The molecule has 0 aliphatic carbocycles. The topological polar surface area (TPSA) is 42.9 Å². The van der Waals surface area contributed by atoms with Gasteiger partial charge < -0.3 is 15.5 Å². The molecule has 0 radical (unpaired) electrons. The van der Waals surface area contributed by atoms with Crippen LogP contribution >= 0.6 is 24.0 Å². The highest BCUT2D eigenvalue weighted by molar-refractivity contribution is 14.0. The summed E-state index contributed by atoms with van der Waals surface area (Å²) in [6.07, 6.45) is 2.40. The van der Waals surface area contributed by atoms with E-state index in [1.807, 2.05) is 14.1 Å². The first kappa shape index (κ1) is 24.0. The highest BCUT2D eigenvalue weighted by Gasteiger charge is 2.24. The van der Waals surface area contributed by atoms with Gasteiger partial charge in [-0.3, -0.25) is 9.89 Å². The molecule has 1 saturated heterocycles. The molecule has 1 heterocycles. The van der Waals surface area contributed by atoms with Gasteiger partial charge in [-0.25, -0.2) is 8.78 Å². The third-order valence-electron chi connectivity index (χ3n) is 5.05. The van der Waals surface area contributed by atoms with Gasteiger partial charge in [0.15, 0.2) is 5.96 Å². The van der Waals surface area contributed by atoms with Gasteiger partial charge in [0.25, 0.3) is 0 Å². The number of rotatable bonds is 7. The summed E-state index contributed by atoms with van der Waals surface area (Å²) in [4.78, 5) is 8.50. The third-order valence-corrected chi connectivity index (χ3v) is 5.05. The number of likely N-dealkylation sites (tertiary alicyclic amines) is 1. The van der Waals surface area contributed by atoms with Crippen LogP contribution in [0.1, 0.15) is 31.4 Å². The number of hydrogen-bond donors (Lipinski definition) is 2. The van der Waals surface area contributed by atoms with Gasteiger partial charge in [0.2, 0.25) is 0 Å². The summed E-state index contributed by atoms with van der Waals surface area (Å²) in [5, 5.41) is 6.55. The molecule has 8 heteroatoms. The van der Waals surface area contributed by atoms with Gasteiger partial charge in [-0.15, -0.1) is 24.0 Å². The smallest absolute Gasteiger partial charge is 0.191 e. The van der Waals surface area contributed by atoms with Crippen LogP contribution in [0.25, 0.3) is 0 Å². The van der Waals surface area contributed by atoms with Gasteiger partial charge in [0, 0.05) is 31.7 Å². The largest absolute Gasteiger partial charge is 0.355 e. The van der Waals surface area contributed by atoms with E-state index in [9.17, 15) is 8.78 Å². The Hall–Kier alpha value is -1.000. The molecule has 5 nitrogen and oxygen atoms in total. The normalized spacial score (nSPS) is 19.1. The molecule has 2 atom stereocenters. The lowest BCUT2D eigenvalue weighted by atomic mass is 10.0. The van der Waals surface area contributed by atoms with Crippen LogP contribution in [0.4, 0.5) is 8.78 Å². The van der Waals surface area contributed by atoms with Crippen LogP contribution in [0.15, 0.2) is 23.2 Å².